The van der Waals surface area contributed by atoms with Gasteiger partial charge < -0.3 is 4.74 Å². The summed E-state index contributed by atoms with van der Waals surface area (Å²) in [6.07, 6.45) is 1.61. The van der Waals surface area contributed by atoms with Crippen LogP contribution in [0.4, 0.5) is 4.39 Å². The van der Waals surface area contributed by atoms with Crippen LogP contribution in [-0.2, 0) is 6.61 Å². The Morgan fingerprint density at radius 2 is 1.70 bits per heavy atom. The molecule has 3 rings (SSSR count). The molecule has 0 spiro atoms. The highest BCUT2D eigenvalue weighted by Gasteiger charge is 2.10. The molecule has 0 N–H and O–H groups in total. The third-order valence-corrected chi connectivity index (χ3v) is 4.07. The first kappa shape index (κ1) is 15.5. The van der Waals surface area contributed by atoms with Crippen LogP contribution in [0.5, 0.6) is 5.75 Å². The van der Waals surface area contributed by atoms with E-state index >= 15 is 0 Å². The average Bonchev–Trinajstić information content (AvgIpc) is 2.58. The van der Waals surface area contributed by atoms with E-state index in [2.05, 4.69) is 15.9 Å². The van der Waals surface area contributed by atoms with Crippen molar-refractivity contribution in [2.45, 2.75) is 6.61 Å². The van der Waals surface area contributed by atoms with Gasteiger partial charge in [-0.05, 0) is 51.8 Å². The highest BCUT2D eigenvalue weighted by molar-refractivity contribution is 9.10. The molecule has 1 heterocycles. The molecule has 23 heavy (non-hydrogen) atoms. The van der Waals surface area contributed by atoms with Crippen LogP contribution in [0.2, 0.25) is 0 Å². The summed E-state index contributed by atoms with van der Waals surface area (Å²) < 4.78 is 20.4. The molecular formula is C18H13BrFNO2. The van der Waals surface area contributed by atoms with Crippen LogP contribution in [0.1, 0.15) is 5.56 Å². The van der Waals surface area contributed by atoms with Crippen molar-refractivity contribution in [1.82, 2.24) is 4.57 Å². The highest BCUT2D eigenvalue weighted by atomic mass is 79.9. The smallest absolute Gasteiger partial charge is 0.273 e. The molecule has 0 unspecified atom stereocenters. The quantitative estimate of drug-likeness (QED) is 0.681. The summed E-state index contributed by atoms with van der Waals surface area (Å²) in [5.41, 5.74) is 1.34. The molecule has 0 aliphatic heterocycles. The van der Waals surface area contributed by atoms with Crippen LogP contribution in [0.15, 0.2) is 76.1 Å². The van der Waals surface area contributed by atoms with E-state index in [1.54, 1.807) is 24.4 Å². The molecule has 0 fully saturated rings. The van der Waals surface area contributed by atoms with E-state index in [0.29, 0.717) is 22.5 Å². The zero-order valence-corrected chi connectivity index (χ0v) is 13.7. The first-order valence-corrected chi connectivity index (χ1v) is 7.78. The lowest BCUT2D eigenvalue weighted by Crippen LogP contribution is -2.19. The summed E-state index contributed by atoms with van der Waals surface area (Å²) >= 11 is 3.28. The largest absolute Gasteiger partial charge is 0.487 e. The van der Waals surface area contributed by atoms with Crippen LogP contribution in [-0.4, -0.2) is 4.57 Å². The van der Waals surface area contributed by atoms with Crippen molar-refractivity contribution in [3.8, 4) is 11.4 Å². The first-order valence-electron chi connectivity index (χ1n) is 6.99. The van der Waals surface area contributed by atoms with Gasteiger partial charge in [0.1, 0.15) is 22.6 Å². The van der Waals surface area contributed by atoms with Gasteiger partial charge in [0.25, 0.3) is 5.56 Å². The summed E-state index contributed by atoms with van der Waals surface area (Å²) in [5, 5.41) is 0. The number of ether oxygens (including phenoxy) is 1. The first-order chi connectivity index (χ1) is 11.1. The van der Waals surface area contributed by atoms with Gasteiger partial charge in [0.2, 0.25) is 0 Å². The van der Waals surface area contributed by atoms with E-state index in [-0.39, 0.29) is 11.4 Å². The molecule has 0 aliphatic carbocycles. The number of hydrogen-bond acceptors (Lipinski definition) is 2. The fraction of sp³-hybridized carbons (Fsp3) is 0.0556. The van der Waals surface area contributed by atoms with E-state index in [1.807, 2.05) is 30.3 Å². The minimum Gasteiger partial charge on any atom is -0.487 e. The molecule has 2 aromatic carbocycles. The van der Waals surface area contributed by atoms with Gasteiger partial charge in [-0.3, -0.25) is 9.36 Å². The number of benzene rings is 2. The Morgan fingerprint density at radius 1 is 1.00 bits per heavy atom. The zero-order chi connectivity index (χ0) is 16.2. The highest BCUT2D eigenvalue weighted by Crippen LogP contribution is 2.22. The second-order valence-corrected chi connectivity index (χ2v) is 5.71. The van der Waals surface area contributed by atoms with E-state index in [0.717, 1.165) is 5.56 Å². The van der Waals surface area contributed by atoms with Crippen molar-refractivity contribution in [3.05, 3.63) is 93.1 Å². The van der Waals surface area contributed by atoms with Gasteiger partial charge in [-0.2, -0.15) is 0 Å². The molecule has 0 atom stereocenters. The number of nitrogens with zero attached hydrogens (tertiary/aromatic N) is 1. The van der Waals surface area contributed by atoms with Gasteiger partial charge in [-0.25, -0.2) is 4.39 Å². The van der Waals surface area contributed by atoms with Gasteiger partial charge >= 0.3 is 0 Å². The van der Waals surface area contributed by atoms with E-state index < -0.39 is 0 Å². The number of halogens is 2. The number of aromatic nitrogens is 1. The fourth-order valence-corrected chi connectivity index (χ4v) is 2.58. The molecule has 1 aromatic heterocycles. The number of pyridine rings is 1. The summed E-state index contributed by atoms with van der Waals surface area (Å²) in [6, 6.07) is 17.1. The Morgan fingerprint density at radius 3 is 2.39 bits per heavy atom. The van der Waals surface area contributed by atoms with Crippen LogP contribution >= 0.6 is 15.9 Å². The van der Waals surface area contributed by atoms with Gasteiger partial charge in [0, 0.05) is 11.9 Å². The molecule has 0 amide bonds. The second-order valence-electron chi connectivity index (χ2n) is 4.92. The lowest BCUT2D eigenvalue weighted by molar-refractivity contribution is 0.303. The lowest BCUT2D eigenvalue weighted by Gasteiger charge is -2.11. The molecule has 3 aromatic rings. The van der Waals surface area contributed by atoms with Crippen molar-refractivity contribution in [3.63, 3.8) is 0 Å². The predicted octanol–water partition coefficient (Wildman–Crippen LogP) is 4.32. The molecule has 0 aliphatic rings. The normalized spacial score (nSPS) is 10.5. The summed E-state index contributed by atoms with van der Waals surface area (Å²) in [4.78, 5) is 12.4. The molecule has 0 saturated heterocycles. The van der Waals surface area contributed by atoms with E-state index in [9.17, 15) is 9.18 Å². The maximum Gasteiger partial charge on any atom is 0.273 e. The van der Waals surface area contributed by atoms with Crippen LogP contribution in [0.25, 0.3) is 5.69 Å². The van der Waals surface area contributed by atoms with Crippen LogP contribution < -0.4 is 10.3 Å². The second kappa shape index (κ2) is 6.79. The summed E-state index contributed by atoms with van der Waals surface area (Å²) in [5.74, 6) is 0.126. The SMILES string of the molecule is O=c1c(Br)c(OCc2ccccc2)ccn1-c1ccc(F)cc1. The van der Waals surface area contributed by atoms with Crippen molar-refractivity contribution in [2.24, 2.45) is 0 Å². The van der Waals surface area contributed by atoms with Gasteiger partial charge in [0.15, 0.2) is 0 Å². The maximum absolute atomic E-state index is 13.0. The third-order valence-electron chi connectivity index (χ3n) is 3.34. The molecule has 3 nitrogen and oxygen atoms in total. The fourth-order valence-electron chi connectivity index (χ4n) is 2.15. The van der Waals surface area contributed by atoms with Gasteiger partial charge in [-0.1, -0.05) is 30.3 Å². The monoisotopic (exact) mass is 373 g/mol. The maximum atomic E-state index is 13.0. The third kappa shape index (κ3) is 3.51. The van der Waals surface area contributed by atoms with Crippen molar-refractivity contribution >= 4 is 15.9 Å². The standard InChI is InChI=1S/C18H13BrFNO2/c19-17-16(23-12-13-4-2-1-3-5-13)10-11-21(18(17)22)15-8-6-14(20)7-9-15/h1-11H,12H2. The average molecular weight is 374 g/mol. The van der Waals surface area contributed by atoms with Crippen molar-refractivity contribution in [1.29, 1.82) is 0 Å². The van der Waals surface area contributed by atoms with Crippen molar-refractivity contribution in [2.75, 3.05) is 0 Å². The lowest BCUT2D eigenvalue weighted by atomic mass is 10.2. The van der Waals surface area contributed by atoms with Gasteiger partial charge in [0.05, 0.1) is 0 Å². The zero-order valence-electron chi connectivity index (χ0n) is 12.1. The molecule has 0 radical (unpaired) electrons. The van der Waals surface area contributed by atoms with Crippen LogP contribution in [0, 0.1) is 5.82 Å². The topological polar surface area (TPSA) is 31.2 Å². The molecule has 0 bridgehead atoms. The Labute approximate surface area is 141 Å². The van der Waals surface area contributed by atoms with E-state index in [1.165, 1.54) is 16.7 Å². The Kier molecular flexibility index (Phi) is 4.57. The van der Waals surface area contributed by atoms with E-state index in [4.69, 9.17) is 4.74 Å². The molecular weight excluding hydrogens is 361 g/mol. The Hall–Kier alpha value is -2.40. The summed E-state index contributed by atoms with van der Waals surface area (Å²) in [7, 11) is 0. The van der Waals surface area contributed by atoms with Gasteiger partial charge in [-0.15, -0.1) is 0 Å². The van der Waals surface area contributed by atoms with Crippen LogP contribution in [0.3, 0.4) is 0 Å². The Balaban J connectivity index is 1.86. The van der Waals surface area contributed by atoms with Crippen molar-refractivity contribution < 1.29 is 9.13 Å². The predicted molar refractivity (Wildman–Crippen MR) is 90.5 cm³/mol. The number of hydrogen-bond donors (Lipinski definition) is 0. The molecule has 5 heteroatoms. The summed E-state index contributed by atoms with van der Waals surface area (Å²) in [6.45, 7) is 0.374. The Bertz CT molecular complexity index is 860. The minimum absolute atomic E-state index is 0.262. The minimum atomic E-state index is -0.344. The number of rotatable bonds is 4. The molecule has 116 valence electrons. The molecule has 0 saturated carbocycles.